The molecule has 16 N–H and O–H groups in total. The van der Waals surface area contributed by atoms with Crippen LogP contribution in [-0.2, 0) is 100 Å². The van der Waals surface area contributed by atoms with Gasteiger partial charge in [0.2, 0.25) is 47.3 Å². The third-order valence-electron chi connectivity index (χ3n) is 16.7. The monoisotopic (exact) mass is 1510 g/mol. The molecule has 578 valence electrons. The minimum atomic E-state index is -1.94. The average molecular weight is 1520 g/mol. The molecule has 10 amide bonds. The molecule has 0 aromatic heterocycles. The van der Waals surface area contributed by atoms with Gasteiger partial charge in [0, 0.05) is 53.0 Å². The van der Waals surface area contributed by atoms with E-state index in [1.807, 2.05) is 0 Å². The van der Waals surface area contributed by atoms with Gasteiger partial charge in [-0.15, -0.1) is 0 Å². The van der Waals surface area contributed by atoms with E-state index in [2.05, 4.69) is 53.2 Å². The maximum atomic E-state index is 14.3. The molecular weight excluding hydrogens is 1440 g/mol. The Morgan fingerprint density at radius 1 is 0.376 bits per heavy atom. The van der Waals surface area contributed by atoms with E-state index in [4.69, 9.17) is 18.9 Å². The number of hydrogen-bond donors (Lipinski definition) is 16. The fourth-order valence-electron chi connectivity index (χ4n) is 11.4. The molecule has 0 radical (unpaired) electrons. The van der Waals surface area contributed by atoms with Gasteiger partial charge < -0.3 is 103 Å². The van der Waals surface area contributed by atoms with Gasteiger partial charge in [-0.3, -0.25) is 67.1 Å². The molecule has 1 spiro atoms. The summed E-state index contributed by atoms with van der Waals surface area (Å²) in [6, 6.07) is 16.0. The number of anilines is 2. The summed E-state index contributed by atoms with van der Waals surface area (Å²) in [4.78, 5) is 223. The SMILES string of the molecule is CC(C)C(NC(=O)C(CCC(=O)O)NC(=O)C(CC(=O)O)NC(=O)OCc1ccccc1)C(=O)NC(CC(=O)O)C(=O)Nc1ccc2c(c1)Oc1cc(NC(=O)[C@H](CC(=O)O)NC(=O)[C@@H](NC(=O)[C@H](CCC(=O)O)NC(=O)[C@H](CC(=O)O)NC(=O)OCc3ccccc3)C(C)C)ccc1C21OC(=O)c2ccccc21. The van der Waals surface area contributed by atoms with Crippen LogP contribution in [0.5, 0.6) is 11.5 Å². The van der Waals surface area contributed by atoms with Crippen molar-refractivity contribution >= 4 is 113 Å². The summed E-state index contributed by atoms with van der Waals surface area (Å²) >= 11 is 0. The fourth-order valence-corrected chi connectivity index (χ4v) is 11.4. The first kappa shape index (κ1) is 82.8. The molecule has 7 rings (SSSR count). The highest BCUT2D eigenvalue weighted by Gasteiger charge is 2.54. The quantitative estimate of drug-likeness (QED) is 0.0199. The van der Waals surface area contributed by atoms with Crippen molar-refractivity contribution in [1.82, 2.24) is 42.5 Å². The first-order chi connectivity index (χ1) is 51.6. The Kier molecular flexibility index (Phi) is 28.8. The normalized spacial score (nSPS) is 15.1. The Bertz CT molecular complexity index is 4090. The van der Waals surface area contributed by atoms with E-state index in [1.54, 1.807) is 78.9 Å². The molecule has 0 bridgehead atoms. The lowest BCUT2D eigenvalue weighted by Crippen LogP contribution is -2.59. The topological polar surface area (TPSA) is 569 Å². The van der Waals surface area contributed by atoms with E-state index in [0.717, 1.165) is 0 Å². The molecule has 0 fully saturated rings. The fraction of sp³-hybridized carbons (Fsp3) is 0.347. The van der Waals surface area contributed by atoms with Gasteiger partial charge >= 0.3 is 54.0 Å². The highest BCUT2D eigenvalue weighted by atomic mass is 16.6. The van der Waals surface area contributed by atoms with Gasteiger partial charge in [0.05, 0.1) is 31.2 Å². The number of nitrogens with one attached hydrogen (secondary N) is 10. The number of ether oxygens (including phenoxy) is 4. The van der Waals surface area contributed by atoms with Crippen molar-refractivity contribution in [3.05, 3.63) is 155 Å². The standard InChI is InChI=1S/C72H78N10O27/c1-35(2)59(81-61(95)45(23-25-53(83)84)75-65(99)49(31-57(91)92)79-70(104)106-33-37-13-7-5-8-14-37)67(101)77-47(29-55(87)88)63(97)73-39-19-21-43-51(27-39)108-52-28-40(20-22-44(52)72(43)42-18-12-11-17-41(42)69(103)109-72)74-64(98)48(30-56(89)90)78-68(102)60(36(3)4)82-62(96)46(24-26-54(85)86)76-66(100)50(32-58(93)94)80-71(105)107-34-38-15-9-6-10-16-38/h5-22,27-28,35-36,45-50,59-60H,23-26,29-34H2,1-4H3,(H,73,97)(H,74,98)(H,75,99)(H,76,100)(H,77,101)(H,78,102)(H,79,104)(H,80,105)(H,81,95)(H,82,96)(H,83,84)(H,85,86)(H,87,88)(H,89,90)(H,91,92)(H,93,94)/t45-,46?,47-,48?,49-,50?,59-,60?,72?/m0/s1. The Balaban J connectivity index is 1.08. The molecule has 5 aromatic rings. The number of carbonyl (C=O) groups is 17. The lowest BCUT2D eigenvalue weighted by molar-refractivity contribution is -0.141. The van der Waals surface area contributed by atoms with Gasteiger partial charge in [-0.2, -0.15) is 0 Å². The van der Waals surface area contributed by atoms with E-state index < -0.39 is 218 Å². The summed E-state index contributed by atoms with van der Waals surface area (Å²) in [6.45, 7) is 5.14. The zero-order chi connectivity index (χ0) is 80.0. The van der Waals surface area contributed by atoms with Crippen LogP contribution >= 0.6 is 0 Å². The van der Waals surface area contributed by atoms with Crippen molar-refractivity contribution in [2.24, 2.45) is 11.8 Å². The van der Waals surface area contributed by atoms with E-state index >= 15 is 0 Å². The van der Waals surface area contributed by atoms with Crippen LogP contribution in [0.1, 0.15) is 117 Å². The summed E-state index contributed by atoms with van der Waals surface area (Å²) < 4.78 is 22.8. The molecule has 2 aliphatic rings. The summed E-state index contributed by atoms with van der Waals surface area (Å²) in [5.74, 6) is -21.7. The number of carbonyl (C=O) groups excluding carboxylic acids is 11. The third-order valence-corrected chi connectivity index (χ3v) is 16.7. The van der Waals surface area contributed by atoms with Crippen LogP contribution in [0, 0.1) is 11.8 Å². The number of alkyl carbamates (subject to hydrolysis) is 2. The smallest absolute Gasteiger partial charge is 0.408 e. The predicted octanol–water partition coefficient (Wildman–Crippen LogP) is 2.57. The van der Waals surface area contributed by atoms with Gasteiger partial charge in [0.25, 0.3) is 0 Å². The number of benzene rings is 5. The van der Waals surface area contributed by atoms with Gasteiger partial charge in [0.15, 0.2) is 5.60 Å². The van der Waals surface area contributed by atoms with E-state index in [-0.39, 0.29) is 58.3 Å². The van der Waals surface area contributed by atoms with Crippen molar-refractivity contribution in [2.45, 2.75) is 146 Å². The predicted molar refractivity (Wildman–Crippen MR) is 373 cm³/mol. The van der Waals surface area contributed by atoms with Crippen LogP contribution in [0.2, 0.25) is 0 Å². The summed E-state index contributed by atoms with van der Waals surface area (Å²) in [5.41, 5.74) is -0.370. The number of amides is 10. The molecule has 2 aliphatic heterocycles. The first-order valence-corrected chi connectivity index (χ1v) is 33.6. The largest absolute Gasteiger partial charge is 0.481 e. The Morgan fingerprint density at radius 3 is 1.07 bits per heavy atom. The molecule has 0 aliphatic carbocycles. The molecule has 9 atom stereocenters. The van der Waals surface area contributed by atoms with Crippen molar-refractivity contribution in [2.75, 3.05) is 10.6 Å². The lowest BCUT2D eigenvalue weighted by Gasteiger charge is -2.37. The van der Waals surface area contributed by atoms with E-state index in [1.165, 1.54) is 70.2 Å². The van der Waals surface area contributed by atoms with Gasteiger partial charge in [-0.25, -0.2) is 14.4 Å². The number of carboxylic acids is 6. The minimum absolute atomic E-state index is 0.106. The number of aliphatic carboxylic acids is 6. The molecule has 0 saturated carbocycles. The highest BCUT2D eigenvalue weighted by Crippen LogP contribution is 2.57. The second-order valence-corrected chi connectivity index (χ2v) is 25.6. The van der Waals surface area contributed by atoms with E-state index in [9.17, 15) is 112 Å². The van der Waals surface area contributed by atoms with Gasteiger partial charge in [-0.05, 0) is 66.1 Å². The Morgan fingerprint density at radius 2 is 0.716 bits per heavy atom. The second-order valence-electron chi connectivity index (χ2n) is 25.6. The molecule has 37 heteroatoms. The molecule has 5 unspecified atom stereocenters. The molecular formula is C72H78N10O27. The highest BCUT2D eigenvalue weighted by molar-refractivity contribution is 6.04. The Hall–Kier alpha value is -13.5. The molecule has 5 aromatic carbocycles. The maximum Gasteiger partial charge on any atom is 0.408 e. The number of hydrogen-bond acceptors (Lipinski definition) is 21. The van der Waals surface area contributed by atoms with Gasteiger partial charge in [-0.1, -0.05) is 107 Å². The maximum absolute atomic E-state index is 14.3. The number of esters is 1. The molecule has 2 heterocycles. The van der Waals surface area contributed by atoms with Crippen LogP contribution in [-0.4, -0.2) is 180 Å². The van der Waals surface area contributed by atoms with Crippen LogP contribution in [0.3, 0.4) is 0 Å². The van der Waals surface area contributed by atoms with Crippen molar-refractivity contribution in [3.63, 3.8) is 0 Å². The zero-order valence-electron chi connectivity index (χ0n) is 58.6. The number of carboxylic acid groups (broad SMARTS) is 6. The molecule has 0 saturated heterocycles. The van der Waals surface area contributed by atoms with Crippen LogP contribution in [0.15, 0.2) is 121 Å². The van der Waals surface area contributed by atoms with Crippen LogP contribution < -0.4 is 57.9 Å². The van der Waals surface area contributed by atoms with Crippen molar-refractivity contribution in [1.29, 1.82) is 0 Å². The molecule has 109 heavy (non-hydrogen) atoms. The van der Waals surface area contributed by atoms with Crippen LogP contribution in [0.25, 0.3) is 0 Å². The van der Waals surface area contributed by atoms with Gasteiger partial charge in [0.1, 0.15) is 73.0 Å². The average Bonchev–Trinajstić information content (AvgIpc) is 1.62. The summed E-state index contributed by atoms with van der Waals surface area (Å²) in [7, 11) is 0. The zero-order valence-corrected chi connectivity index (χ0v) is 58.6. The molecule has 37 nitrogen and oxygen atoms in total. The summed E-state index contributed by atoms with van der Waals surface area (Å²) in [5, 5.41) is 81.2. The second kappa shape index (κ2) is 38.0. The summed E-state index contributed by atoms with van der Waals surface area (Å²) in [6.07, 6.45) is -9.52. The number of fused-ring (bicyclic) bond motifs is 6. The number of rotatable bonds is 38. The first-order valence-electron chi connectivity index (χ1n) is 33.6. The van der Waals surface area contributed by atoms with E-state index in [0.29, 0.717) is 11.1 Å². The minimum Gasteiger partial charge on any atom is -0.481 e. The lowest BCUT2D eigenvalue weighted by atomic mass is 9.77. The van der Waals surface area contributed by atoms with Crippen LogP contribution in [0.4, 0.5) is 21.0 Å². The Labute approximate surface area is 618 Å². The third kappa shape index (κ3) is 23.2. The van der Waals surface area contributed by atoms with Crippen molar-refractivity contribution in [3.8, 4) is 11.5 Å². The van der Waals surface area contributed by atoms with Crippen molar-refractivity contribution < 1.29 is 131 Å².